The Morgan fingerprint density at radius 3 is 2.57 bits per heavy atom. The number of nitrogens with zero attached hydrogens (tertiary/aromatic N) is 2. The third-order valence-electron chi connectivity index (χ3n) is 3.40. The molecule has 108 valence electrons. The zero-order chi connectivity index (χ0) is 15.2. The van der Waals surface area contributed by atoms with E-state index in [0.717, 1.165) is 16.8 Å². The van der Waals surface area contributed by atoms with Gasteiger partial charge in [0.1, 0.15) is 5.76 Å². The lowest BCUT2D eigenvalue weighted by Crippen LogP contribution is -2.00. The molecule has 0 amide bonds. The lowest BCUT2D eigenvalue weighted by molar-refractivity contribution is 0.393. The molecule has 0 aliphatic carbocycles. The van der Waals surface area contributed by atoms with Crippen molar-refractivity contribution < 1.29 is 12.9 Å². The van der Waals surface area contributed by atoms with Crippen LogP contribution in [0.4, 0.5) is 0 Å². The molecular weight excluding hydrogens is 288 g/mol. The maximum Gasteiger partial charge on any atom is 0.176 e. The van der Waals surface area contributed by atoms with E-state index in [1.807, 2.05) is 13.0 Å². The minimum Gasteiger partial charge on any atom is -0.361 e. The van der Waals surface area contributed by atoms with Crippen LogP contribution in [0.2, 0.25) is 0 Å². The van der Waals surface area contributed by atoms with Crippen LogP contribution < -0.4 is 0 Å². The molecule has 3 aromatic rings. The molecule has 0 saturated heterocycles. The van der Waals surface area contributed by atoms with Gasteiger partial charge in [-0.3, -0.25) is 4.98 Å². The number of sulfone groups is 1. The molecule has 0 spiro atoms. The monoisotopic (exact) mass is 302 g/mol. The van der Waals surface area contributed by atoms with Gasteiger partial charge >= 0.3 is 0 Å². The fourth-order valence-corrected chi connectivity index (χ4v) is 3.41. The van der Waals surface area contributed by atoms with E-state index in [-0.39, 0.29) is 4.90 Å². The molecule has 2 aromatic heterocycles. The fourth-order valence-electron chi connectivity index (χ4n) is 2.50. The van der Waals surface area contributed by atoms with Crippen molar-refractivity contribution in [3.05, 3.63) is 41.9 Å². The van der Waals surface area contributed by atoms with Crippen molar-refractivity contribution >= 4 is 20.7 Å². The second kappa shape index (κ2) is 4.66. The molecule has 0 bridgehead atoms. The minimum absolute atomic E-state index is 0.267. The Kier molecular flexibility index (Phi) is 3.06. The van der Waals surface area contributed by atoms with Gasteiger partial charge in [-0.2, -0.15) is 0 Å². The summed E-state index contributed by atoms with van der Waals surface area (Å²) >= 11 is 0. The Hall–Kier alpha value is -2.21. The number of hydrogen-bond donors (Lipinski definition) is 0. The first-order valence-corrected chi connectivity index (χ1v) is 8.29. The molecule has 0 atom stereocenters. The van der Waals surface area contributed by atoms with Crippen LogP contribution in [-0.4, -0.2) is 24.8 Å². The topological polar surface area (TPSA) is 73.1 Å². The van der Waals surface area contributed by atoms with Gasteiger partial charge in [-0.25, -0.2) is 8.42 Å². The van der Waals surface area contributed by atoms with Gasteiger partial charge in [-0.05, 0) is 43.7 Å². The molecule has 2 heterocycles. The summed E-state index contributed by atoms with van der Waals surface area (Å²) in [5, 5.41) is 4.54. The predicted octanol–water partition coefficient (Wildman–Crippen LogP) is 2.91. The van der Waals surface area contributed by atoms with Crippen LogP contribution in [0.15, 0.2) is 39.9 Å². The molecule has 0 N–H and O–H groups in total. The van der Waals surface area contributed by atoms with Crippen molar-refractivity contribution in [2.45, 2.75) is 18.7 Å². The van der Waals surface area contributed by atoms with Gasteiger partial charge in [-0.1, -0.05) is 5.16 Å². The standard InChI is InChI=1S/C15H14N2O3S/c1-9-15(10(2)20-17-9)11-7-13-12(5-4-6-16-13)14(8-11)21(3,18)19/h4-8H,1-3H3. The van der Waals surface area contributed by atoms with E-state index in [9.17, 15) is 8.42 Å². The van der Waals surface area contributed by atoms with E-state index >= 15 is 0 Å². The third kappa shape index (κ3) is 2.31. The Morgan fingerprint density at radius 1 is 1.19 bits per heavy atom. The highest BCUT2D eigenvalue weighted by atomic mass is 32.2. The van der Waals surface area contributed by atoms with Crippen LogP contribution in [-0.2, 0) is 9.84 Å². The van der Waals surface area contributed by atoms with Gasteiger partial charge in [0.25, 0.3) is 0 Å². The second-order valence-electron chi connectivity index (χ2n) is 5.02. The van der Waals surface area contributed by atoms with Crippen LogP contribution in [0.25, 0.3) is 22.0 Å². The highest BCUT2D eigenvalue weighted by Gasteiger charge is 2.18. The molecule has 0 radical (unpaired) electrons. The first kappa shape index (κ1) is 13.8. The number of pyridine rings is 1. The molecular formula is C15H14N2O3S. The fraction of sp³-hybridized carbons (Fsp3) is 0.200. The number of rotatable bonds is 2. The molecule has 0 fully saturated rings. The normalized spacial score (nSPS) is 12.0. The van der Waals surface area contributed by atoms with Crippen molar-refractivity contribution in [1.29, 1.82) is 0 Å². The summed E-state index contributed by atoms with van der Waals surface area (Å²) < 4.78 is 29.3. The van der Waals surface area contributed by atoms with Gasteiger partial charge < -0.3 is 4.52 Å². The maximum atomic E-state index is 12.1. The first-order chi connectivity index (χ1) is 9.88. The van der Waals surface area contributed by atoms with Crippen molar-refractivity contribution in [2.24, 2.45) is 0 Å². The summed E-state index contributed by atoms with van der Waals surface area (Å²) in [6.45, 7) is 3.63. The highest BCUT2D eigenvalue weighted by molar-refractivity contribution is 7.91. The largest absolute Gasteiger partial charge is 0.361 e. The quantitative estimate of drug-likeness (QED) is 0.727. The predicted molar refractivity (Wildman–Crippen MR) is 79.8 cm³/mol. The van der Waals surface area contributed by atoms with E-state index in [4.69, 9.17) is 4.52 Å². The van der Waals surface area contributed by atoms with Crippen molar-refractivity contribution in [3.63, 3.8) is 0 Å². The zero-order valence-corrected chi connectivity index (χ0v) is 12.7. The van der Waals surface area contributed by atoms with Gasteiger partial charge in [0.15, 0.2) is 9.84 Å². The van der Waals surface area contributed by atoms with Gasteiger partial charge in [-0.15, -0.1) is 0 Å². The third-order valence-corrected chi connectivity index (χ3v) is 4.54. The minimum atomic E-state index is -3.36. The van der Waals surface area contributed by atoms with Gasteiger partial charge in [0, 0.05) is 23.4 Å². The van der Waals surface area contributed by atoms with Gasteiger partial charge in [0.2, 0.25) is 0 Å². The first-order valence-electron chi connectivity index (χ1n) is 6.40. The smallest absolute Gasteiger partial charge is 0.176 e. The van der Waals surface area contributed by atoms with Crippen LogP contribution in [0.1, 0.15) is 11.5 Å². The molecule has 0 unspecified atom stereocenters. The van der Waals surface area contributed by atoms with Crippen molar-refractivity contribution in [2.75, 3.05) is 6.26 Å². The Labute approximate surface area is 122 Å². The number of aromatic nitrogens is 2. The summed E-state index contributed by atoms with van der Waals surface area (Å²) in [4.78, 5) is 4.54. The number of aryl methyl sites for hydroxylation is 2. The molecule has 5 nitrogen and oxygen atoms in total. The molecule has 1 aromatic carbocycles. The number of hydrogen-bond acceptors (Lipinski definition) is 5. The second-order valence-corrected chi connectivity index (χ2v) is 7.00. The van der Waals surface area contributed by atoms with E-state index in [0.29, 0.717) is 16.7 Å². The molecule has 3 rings (SSSR count). The van der Waals surface area contributed by atoms with Crippen molar-refractivity contribution in [3.8, 4) is 11.1 Å². The van der Waals surface area contributed by atoms with Crippen molar-refractivity contribution in [1.82, 2.24) is 10.1 Å². The van der Waals surface area contributed by atoms with E-state index in [1.165, 1.54) is 6.26 Å². The Balaban J connectivity index is 2.42. The molecule has 21 heavy (non-hydrogen) atoms. The average molecular weight is 302 g/mol. The van der Waals surface area contributed by atoms with Crippen LogP contribution >= 0.6 is 0 Å². The summed E-state index contributed by atoms with van der Waals surface area (Å²) in [5.41, 5.74) is 2.92. The van der Waals surface area contributed by atoms with Crippen LogP contribution in [0, 0.1) is 13.8 Å². The highest BCUT2D eigenvalue weighted by Crippen LogP contribution is 2.32. The molecule has 0 aliphatic rings. The van der Waals surface area contributed by atoms with E-state index < -0.39 is 9.84 Å². The lowest BCUT2D eigenvalue weighted by Gasteiger charge is -2.08. The average Bonchev–Trinajstić information content (AvgIpc) is 2.76. The SMILES string of the molecule is Cc1noc(C)c1-c1cc(S(C)(=O)=O)c2cccnc2c1. The summed E-state index contributed by atoms with van der Waals surface area (Å²) in [5.74, 6) is 0.655. The van der Waals surface area contributed by atoms with E-state index in [2.05, 4.69) is 10.1 Å². The molecule has 6 heteroatoms. The Morgan fingerprint density at radius 2 is 1.95 bits per heavy atom. The molecule has 0 saturated carbocycles. The van der Waals surface area contributed by atoms with Crippen LogP contribution in [0.5, 0.6) is 0 Å². The van der Waals surface area contributed by atoms with Crippen LogP contribution in [0.3, 0.4) is 0 Å². The summed E-state index contributed by atoms with van der Waals surface area (Å²) in [6.07, 6.45) is 2.84. The summed E-state index contributed by atoms with van der Waals surface area (Å²) in [6, 6.07) is 7.00. The van der Waals surface area contributed by atoms with E-state index in [1.54, 1.807) is 31.3 Å². The number of benzene rings is 1. The number of fused-ring (bicyclic) bond motifs is 1. The lowest BCUT2D eigenvalue weighted by atomic mass is 10.0. The maximum absolute atomic E-state index is 12.1. The van der Waals surface area contributed by atoms with Gasteiger partial charge in [0.05, 0.1) is 16.1 Å². The Bertz CT molecular complexity index is 923. The summed E-state index contributed by atoms with van der Waals surface area (Å²) in [7, 11) is -3.36. The molecule has 0 aliphatic heterocycles. The zero-order valence-electron chi connectivity index (χ0n) is 11.9.